The van der Waals surface area contributed by atoms with Gasteiger partial charge in [-0.2, -0.15) is 0 Å². The van der Waals surface area contributed by atoms with Gasteiger partial charge in [0.05, 0.1) is 12.8 Å². The van der Waals surface area contributed by atoms with Gasteiger partial charge in [0.15, 0.2) is 0 Å². The molecule has 1 heterocycles. The molecule has 4 heteroatoms. The van der Waals surface area contributed by atoms with Gasteiger partial charge in [0.1, 0.15) is 11.6 Å². The number of ether oxygens (including phenoxy) is 1. The highest BCUT2D eigenvalue weighted by molar-refractivity contribution is 5.94. The minimum atomic E-state index is 0.855. The van der Waals surface area contributed by atoms with E-state index < -0.39 is 0 Å². The average Bonchev–Trinajstić information content (AvgIpc) is 2.65. The van der Waals surface area contributed by atoms with Gasteiger partial charge in [-0.05, 0) is 49.8 Å². The molecule has 0 aliphatic rings. The molecule has 4 nitrogen and oxygen atoms in total. The highest BCUT2D eigenvalue weighted by atomic mass is 16.5. The van der Waals surface area contributed by atoms with Crippen molar-refractivity contribution >= 4 is 16.6 Å². The molecule has 0 bridgehead atoms. The molecule has 0 atom stereocenters. The maximum Gasteiger partial charge on any atom is 0.136 e. The van der Waals surface area contributed by atoms with Gasteiger partial charge < -0.3 is 14.5 Å². The van der Waals surface area contributed by atoms with E-state index in [1.54, 1.807) is 7.11 Å². The van der Waals surface area contributed by atoms with Crippen LogP contribution in [0, 0.1) is 0 Å². The Hall–Kier alpha value is -2.59. The van der Waals surface area contributed by atoms with Gasteiger partial charge in [0.2, 0.25) is 0 Å². The van der Waals surface area contributed by atoms with Crippen LogP contribution in [0.4, 0.5) is 5.82 Å². The Kier molecular flexibility index (Phi) is 5.19. The van der Waals surface area contributed by atoms with Crippen molar-refractivity contribution < 1.29 is 4.74 Å². The van der Waals surface area contributed by atoms with Crippen LogP contribution in [0.2, 0.25) is 0 Å². The largest absolute Gasteiger partial charge is 0.497 e. The quantitative estimate of drug-likeness (QED) is 0.683. The topological polar surface area (TPSA) is 28.6 Å². The first-order valence-corrected chi connectivity index (χ1v) is 8.48. The summed E-state index contributed by atoms with van der Waals surface area (Å²) in [5, 5.41) is 2.39. The number of hydrogen-bond donors (Lipinski definition) is 0. The smallest absolute Gasteiger partial charge is 0.136 e. The first-order chi connectivity index (χ1) is 12.1. The number of hydrogen-bond acceptors (Lipinski definition) is 4. The summed E-state index contributed by atoms with van der Waals surface area (Å²) >= 11 is 0. The molecule has 0 fully saturated rings. The molecular weight excluding hydrogens is 310 g/mol. The van der Waals surface area contributed by atoms with Crippen molar-refractivity contribution in [2.75, 3.05) is 46.2 Å². The summed E-state index contributed by atoms with van der Waals surface area (Å²) in [5.74, 6) is 1.87. The van der Waals surface area contributed by atoms with Gasteiger partial charge in [-0.25, -0.2) is 4.98 Å². The van der Waals surface area contributed by atoms with E-state index in [-0.39, 0.29) is 0 Å². The number of anilines is 1. The van der Waals surface area contributed by atoms with E-state index in [4.69, 9.17) is 9.72 Å². The lowest BCUT2D eigenvalue weighted by atomic mass is 10.1. The summed E-state index contributed by atoms with van der Waals surface area (Å²) in [6, 6.07) is 18.6. The molecular formula is C21H25N3O. The van der Waals surface area contributed by atoms with Crippen LogP contribution in [0.15, 0.2) is 54.6 Å². The Morgan fingerprint density at radius 3 is 2.32 bits per heavy atom. The molecule has 0 saturated heterocycles. The minimum absolute atomic E-state index is 0.855. The molecule has 0 aliphatic heterocycles. The number of likely N-dealkylation sites (N-methyl/N-ethyl adjacent to an activating group) is 2. The highest BCUT2D eigenvalue weighted by Gasteiger charge is 2.11. The zero-order chi connectivity index (χ0) is 17.8. The van der Waals surface area contributed by atoms with E-state index in [9.17, 15) is 0 Å². The monoisotopic (exact) mass is 335 g/mol. The van der Waals surface area contributed by atoms with Gasteiger partial charge >= 0.3 is 0 Å². The third-order valence-corrected chi connectivity index (χ3v) is 4.35. The second-order valence-electron chi connectivity index (χ2n) is 6.51. The first kappa shape index (κ1) is 17.2. The fourth-order valence-electron chi connectivity index (χ4n) is 2.84. The molecule has 0 N–H and O–H groups in total. The van der Waals surface area contributed by atoms with Crippen LogP contribution in [0.5, 0.6) is 5.75 Å². The van der Waals surface area contributed by atoms with Gasteiger partial charge in [-0.1, -0.05) is 24.3 Å². The molecule has 0 unspecified atom stereocenters. The Morgan fingerprint density at radius 1 is 0.920 bits per heavy atom. The third-order valence-electron chi connectivity index (χ3n) is 4.35. The standard InChI is InChI=1S/C21H25N3O/c1-23(2)13-14-24(3)21-19-8-6-5-7-17(19)15-20(22-21)16-9-11-18(25-4)12-10-16/h5-12,15H,13-14H2,1-4H3. The lowest BCUT2D eigenvalue weighted by Crippen LogP contribution is -2.29. The third kappa shape index (κ3) is 3.91. The highest BCUT2D eigenvalue weighted by Crippen LogP contribution is 2.30. The molecule has 0 amide bonds. The van der Waals surface area contributed by atoms with Gasteiger partial charge in [-0.3, -0.25) is 0 Å². The van der Waals surface area contributed by atoms with Crippen LogP contribution < -0.4 is 9.64 Å². The first-order valence-electron chi connectivity index (χ1n) is 8.48. The average molecular weight is 335 g/mol. The molecule has 2 aromatic carbocycles. The number of pyridine rings is 1. The molecule has 0 radical (unpaired) electrons. The SMILES string of the molecule is COc1ccc(-c2cc3ccccc3c(N(C)CCN(C)C)n2)cc1. The predicted octanol–water partition coefficient (Wildman–Crippen LogP) is 3.91. The van der Waals surface area contributed by atoms with E-state index in [0.29, 0.717) is 0 Å². The lowest BCUT2D eigenvalue weighted by Gasteiger charge is -2.23. The zero-order valence-corrected chi connectivity index (χ0v) is 15.4. The van der Waals surface area contributed by atoms with Crippen molar-refractivity contribution in [1.82, 2.24) is 9.88 Å². The van der Waals surface area contributed by atoms with E-state index in [1.165, 1.54) is 10.8 Å². The summed E-state index contributed by atoms with van der Waals surface area (Å²) in [7, 11) is 7.97. The summed E-state index contributed by atoms with van der Waals surface area (Å²) < 4.78 is 5.26. The minimum Gasteiger partial charge on any atom is -0.497 e. The fourth-order valence-corrected chi connectivity index (χ4v) is 2.84. The number of methoxy groups -OCH3 is 1. The number of aromatic nitrogens is 1. The molecule has 0 aliphatic carbocycles. The van der Waals surface area contributed by atoms with Crippen molar-refractivity contribution in [2.45, 2.75) is 0 Å². The summed E-state index contributed by atoms with van der Waals surface area (Å²) in [4.78, 5) is 9.39. The van der Waals surface area contributed by atoms with E-state index in [0.717, 1.165) is 35.9 Å². The predicted molar refractivity (Wildman–Crippen MR) is 106 cm³/mol. The van der Waals surface area contributed by atoms with Crippen molar-refractivity contribution in [3.63, 3.8) is 0 Å². The number of fused-ring (bicyclic) bond motifs is 1. The van der Waals surface area contributed by atoms with Crippen molar-refractivity contribution in [1.29, 1.82) is 0 Å². The zero-order valence-electron chi connectivity index (χ0n) is 15.4. The molecule has 1 aromatic heterocycles. The van der Waals surface area contributed by atoms with Gasteiger partial charge in [0.25, 0.3) is 0 Å². The summed E-state index contributed by atoms with van der Waals surface area (Å²) in [6.45, 7) is 1.91. The van der Waals surface area contributed by atoms with E-state index in [1.807, 2.05) is 12.1 Å². The lowest BCUT2D eigenvalue weighted by molar-refractivity contribution is 0.415. The van der Waals surface area contributed by atoms with Crippen LogP contribution in [0.1, 0.15) is 0 Å². The second-order valence-corrected chi connectivity index (χ2v) is 6.51. The maximum atomic E-state index is 5.26. The number of rotatable bonds is 6. The van der Waals surface area contributed by atoms with Crippen molar-refractivity contribution in [2.24, 2.45) is 0 Å². The maximum absolute atomic E-state index is 5.26. The Morgan fingerprint density at radius 2 is 1.64 bits per heavy atom. The molecule has 3 aromatic rings. The van der Waals surface area contributed by atoms with Gasteiger partial charge in [0, 0.05) is 31.1 Å². The normalized spacial score (nSPS) is 11.1. The number of benzene rings is 2. The van der Waals surface area contributed by atoms with Gasteiger partial charge in [-0.15, -0.1) is 0 Å². The molecule has 25 heavy (non-hydrogen) atoms. The van der Waals surface area contributed by atoms with E-state index >= 15 is 0 Å². The molecule has 0 saturated carbocycles. The number of nitrogens with zero attached hydrogens (tertiary/aromatic N) is 3. The fraction of sp³-hybridized carbons (Fsp3) is 0.286. The Labute approximate surface area is 149 Å². The summed E-state index contributed by atoms with van der Waals surface area (Å²) in [6.07, 6.45) is 0. The van der Waals surface area contributed by atoms with E-state index in [2.05, 4.69) is 73.4 Å². The van der Waals surface area contributed by atoms with Crippen LogP contribution in [0.3, 0.4) is 0 Å². The van der Waals surface area contributed by atoms with Crippen LogP contribution in [0.25, 0.3) is 22.0 Å². The van der Waals surface area contributed by atoms with Crippen LogP contribution >= 0.6 is 0 Å². The van der Waals surface area contributed by atoms with Crippen LogP contribution in [-0.4, -0.2) is 51.2 Å². The van der Waals surface area contributed by atoms with Crippen molar-refractivity contribution in [3.8, 4) is 17.0 Å². The molecule has 0 spiro atoms. The Balaban J connectivity index is 2.04. The summed E-state index contributed by atoms with van der Waals surface area (Å²) in [5.41, 5.74) is 2.07. The molecule has 3 rings (SSSR count). The Bertz CT molecular complexity index is 843. The second kappa shape index (κ2) is 7.53. The van der Waals surface area contributed by atoms with Crippen molar-refractivity contribution in [3.05, 3.63) is 54.6 Å². The van der Waals surface area contributed by atoms with Crippen LogP contribution in [-0.2, 0) is 0 Å². The molecule has 130 valence electrons.